The summed E-state index contributed by atoms with van der Waals surface area (Å²) in [7, 11) is 0. The number of carbonyl (C=O) groups excluding carboxylic acids is 3. The minimum absolute atomic E-state index is 0.0894. The molecule has 0 aliphatic rings. The molecule has 0 aromatic carbocycles. The third-order valence-corrected chi connectivity index (χ3v) is 12.6. The van der Waals surface area contributed by atoms with Crippen molar-refractivity contribution >= 4 is 17.9 Å². The maximum atomic E-state index is 12.9. The van der Waals surface area contributed by atoms with Crippen LogP contribution in [0, 0.1) is 0 Å². The van der Waals surface area contributed by atoms with E-state index in [4.69, 9.17) is 14.2 Å². The molecule has 0 bridgehead atoms. The lowest BCUT2D eigenvalue weighted by molar-refractivity contribution is -0.167. The molecule has 0 saturated heterocycles. The van der Waals surface area contributed by atoms with Crippen molar-refractivity contribution in [1.29, 1.82) is 0 Å². The molecule has 0 aliphatic carbocycles. The van der Waals surface area contributed by atoms with Gasteiger partial charge in [0, 0.05) is 19.3 Å². The smallest absolute Gasteiger partial charge is 0.306 e. The molecule has 0 aromatic heterocycles. The second-order valence-electron chi connectivity index (χ2n) is 19.5. The SMILES string of the molecule is CC/C=C\C/C=C\C/C=C\C/C=C\C/C=C\C/C=C\CCCCC(=O)OCC(COC(=O)CCCCCCCCCCCC)OC(=O)CCCCCCCCCCC/C=C\CCCCCCCCCC. The number of unbranched alkanes of at least 4 members (excludes halogenated alkanes) is 28. The lowest BCUT2D eigenvalue weighted by Crippen LogP contribution is -2.30. The first kappa shape index (κ1) is 66.6. The molecule has 402 valence electrons. The van der Waals surface area contributed by atoms with E-state index < -0.39 is 6.10 Å². The Morgan fingerprint density at radius 2 is 0.557 bits per heavy atom. The predicted molar refractivity (Wildman–Crippen MR) is 302 cm³/mol. The quantitative estimate of drug-likeness (QED) is 0.0261. The van der Waals surface area contributed by atoms with Crippen molar-refractivity contribution in [2.24, 2.45) is 0 Å². The van der Waals surface area contributed by atoms with Gasteiger partial charge in [-0.05, 0) is 96.3 Å². The standard InChI is InChI=1S/C64H110O6/c1-4-7-10-13-16-19-22-24-26-28-30-32-34-36-38-40-42-45-48-51-54-57-63(66)69-60-61(59-68-62(65)56-53-50-47-44-21-18-15-12-9-6-3)70-64(67)58-55-52-49-46-43-41-39-37-35-33-31-29-27-25-23-20-17-14-11-8-5-2/h7,10,16,19,24,26,29-32,36,38,42,45,61H,4-6,8-9,11-15,17-18,20-23,25,27-28,33-35,37,39-41,43-44,46-60H2,1-3H3/b10-7-,19-16-,26-24-,31-29-,32-30-,38-36-,45-42-. The van der Waals surface area contributed by atoms with E-state index in [9.17, 15) is 14.4 Å². The number of rotatable bonds is 53. The molecule has 1 atom stereocenters. The summed E-state index contributed by atoms with van der Waals surface area (Å²) in [6, 6.07) is 0. The highest BCUT2D eigenvalue weighted by atomic mass is 16.6. The van der Waals surface area contributed by atoms with E-state index in [1.54, 1.807) is 0 Å². The normalized spacial score (nSPS) is 12.7. The lowest BCUT2D eigenvalue weighted by atomic mass is 10.1. The summed E-state index contributed by atoms with van der Waals surface area (Å²) in [6.07, 6.45) is 75.8. The first-order valence-electron chi connectivity index (χ1n) is 29.6. The largest absolute Gasteiger partial charge is 0.462 e. The minimum atomic E-state index is -0.794. The molecule has 0 saturated carbocycles. The van der Waals surface area contributed by atoms with Gasteiger partial charge in [0.15, 0.2) is 6.10 Å². The van der Waals surface area contributed by atoms with E-state index >= 15 is 0 Å². The van der Waals surface area contributed by atoms with Crippen molar-refractivity contribution in [2.45, 2.75) is 290 Å². The van der Waals surface area contributed by atoms with Crippen LogP contribution < -0.4 is 0 Å². The number of hydrogen-bond acceptors (Lipinski definition) is 6. The zero-order valence-corrected chi connectivity index (χ0v) is 46.0. The van der Waals surface area contributed by atoms with Crippen LogP contribution in [0.3, 0.4) is 0 Å². The molecule has 0 rings (SSSR count). The van der Waals surface area contributed by atoms with Crippen molar-refractivity contribution in [2.75, 3.05) is 13.2 Å². The number of esters is 3. The third kappa shape index (κ3) is 55.5. The van der Waals surface area contributed by atoms with Gasteiger partial charge in [0.2, 0.25) is 0 Å². The summed E-state index contributed by atoms with van der Waals surface area (Å²) in [5.41, 5.74) is 0. The Morgan fingerprint density at radius 3 is 0.914 bits per heavy atom. The molecular formula is C64H110O6. The average Bonchev–Trinajstić information content (AvgIpc) is 3.36. The molecule has 0 amide bonds. The molecule has 0 aliphatic heterocycles. The average molecular weight is 976 g/mol. The van der Waals surface area contributed by atoms with E-state index in [2.05, 4.69) is 106 Å². The molecule has 1 unspecified atom stereocenters. The molecule has 70 heavy (non-hydrogen) atoms. The number of ether oxygens (including phenoxy) is 3. The van der Waals surface area contributed by atoms with Gasteiger partial charge in [-0.3, -0.25) is 14.4 Å². The van der Waals surface area contributed by atoms with Gasteiger partial charge in [0.1, 0.15) is 13.2 Å². The first-order chi connectivity index (χ1) is 34.5. The fraction of sp³-hybridized carbons (Fsp3) is 0.734. The van der Waals surface area contributed by atoms with Crippen molar-refractivity contribution in [3.8, 4) is 0 Å². The zero-order chi connectivity index (χ0) is 50.7. The molecule has 0 spiro atoms. The fourth-order valence-corrected chi connectivity index (χ4v) is 8.21. The van der Waals surface area contributed by atoms with Crippen LogP contribution >= 0.6 is 0 Å². The van der Waals surface area contributed by atoms with Crippen LogP contribution in [0.1, 0.15) is 284 Å². The van der Waals surface area contributed by atoms with Gasteiger partial charge in [0.05, 0.1) is 0 Å². The monoisotopic (exact) mass is 975 g/mol. The third-order valence-electron chi connectivity index (χ3n) is 12.6. The Hall–Kier alpha value is -3.41. The van der Waals surface area contributed by atoms with Crippen molar-refractivity contribution < 1.29 is 28.6 Å². The molecule has 0 fully saturated rings. The van der Waals surface area contributed by atoms with Gasteiger partial charge in [-0.15, -0.1) is 0 Å². The van der Waals surface area contributed by atoms with Gasteiger partial charge in [-0.2, -0.15) is 0 Å². The van der Waals surface area contributed by atoms with Crippen LogP contribution in [0.25, 0.3) is 0 Å². The molecule has 0 aromatic rings. The molecule has 0 heterocycles. The van der Waals surface area contributed by atoms with E-state index in [1.165, 1.54) is 148 Å². The molecule has 0 N–H and O–H groups in total. The van der Waals surface area contributed by atoms with Gasteiger partial charge in [-0.25, -0.2) is 0 Å². The summed E-state index contributed by atoms with van der Waals surface area (Å²) in [5.74, 6) is -0.931. The molecular weight excluding hydrogens is 865 g/mol. The van der Waals surface area contributed by atoms with Crippen molar-refractivity contribution in [3.05, 3.63) is 85.1 Å². The number of hydrogen-bond donors (Lipinski definition) is 0. The molecule has 0 radical (unpaired) electrons. The van der Waals surface area contributed by atoms with Gasteiger partial charge in [0.25, 0.3) is 0 Å². The van der Waals surface area contributed by atoms with Crippen molar-refractivity contribution in [1.82, 2.24) is 0 Å². The van der Waals surface area contributed by atoms with E-state index in [0.717, 1.165) is 96.3 Å². The van der Waals surface area contributed by atoms with Crippen molar-refractivity contribution in [3.63, 3.8) is 0 Å². The highest BCUT2D eigenvalue weighted by Gasteiger charge is 2.19. The van der Waals surface area contributed by atoms with Crippen LogP contribution in [0.4, 0.5) is 0 Å². The number of carbonyl (C=O) groups is 3. The summed E-state index contributed by atoms with van der Waals surface area (Å²) >= 11 is 0. The summed E-state index contributed by atoms with van der Waals surface area (Å²) in [4.78, 5) is 38.1. The zero-order valence-electron chi connectivity index (χ0n) is 46.0. The second-order valence-corrected chi connectivity index (χ2v) is 19.5. The Labute approximate surface area is 433 Å². The van der Waals surface area contributed by atoms with E-state index in [0.29, 0.717) is 19.3 Å². The topological polar surface area (TPSA) is 78.9 Å². The van der Waals surface area contributed by atoms with Gasteiger partial charge >= 0.3 is 17.9 Å². The predicted octanol–water partition coefficient (Wildman–Crippen LogP) is 19.9. The Kier molecular flexibility index (Phi) is 55.3. The highest BCUT2D eigenvalue weighted by Crippen LogP contribution is 2.15. The fourth-order valence-electron chi connectivity index (χ4n) is 8.21. The van der Waals surface area contributed by atoms with E-state index in [-0.39, 0.29) is 31.1 Å². The lowest BCUT2D eigenvalue weighted by Gasteiger charge is -2.18. The number of allylic oxidation sites excluding steroid dienone is 14. The summed E-state index contributed by atoms with van der Waals surface area (Å²) in [6.45, 7) is 6.49. The Balaban J connectivity index is 4.37. The summed E-state index contributed by atoms with van der Waals surface area (Å²) < 4.78 is 16.8. The van der Waals surface area contributed by atoms with Crippen LogP contribution in [0.5, 0.6) is 0 Å². The first-order valence-corrected chi connectivity index (χ1v) is 29.6. The Morgan fingerprint density at radius 1 is 0.300 bits per heavy atom. The molecule has 6 heteroatoms. The van der Waals surface area contributed by atoms with E-state index in [1.807, 2.05) is 0 Å². The Bertz CT molecular complexity index is 1350. The van der Waals surface area contributed by atoms with Crippen LogP contribution in [0.2, 0.25) is 0 Å². The maximum Gasteiger partial charge on any atom is 0.306 e. The summed E-state index contributed by atoms with van der Waals surface area (Å²) in [5, 5.41) is 0. The van der Waals surface area contributed by atoms with Gasteiger partial charge in [-0.1, -0.05) is 254 Å². The van der Waals surface area contributed by atoms with Gasteiger partial charge < -0.3 is 14.2 Å². The van der Waals surface area contributed by atoms with Crippen LogP contribution in [-0.4, -0.2) is 37.2 Å². The van der Waals surface area contributed by atoms with Crippen LogP contribution in [0.15, 0.2) is 85.1 Å². The minimum Gasteiger partial charge on any atom is -0.462 e. The van der Waals surface area contributed by atoms with Crippen LogP contribution in [-0.2, 0) is 28.6 Å². The highest BCUT2D eigenvalue weighted by molar-refractivity contribution is 5.71. The molecule has 6 nitrogen and oxygen atoms in total. The maximum absolute atomic E-state index is 12.9. The second kappa shape index (κ2) is 58.2.